The van der Waals surface area contributed by atoms with Crippen LogP contribution in [0.15, 0.2) is 24.3 Å². The molecule has 1 heterocycles. The Morgan fingerprint density at radius 3 is 2.68 bits per heavy atom. The molecule has 5 heteroatoms. The van der Waals surface area contributed by atoms with E-state index in [1.165, 1.54) is 23.1 Å². The van der Waals surface area contributed by atoms with Crippen LogP contribution < -0.4 is 10.2 Å². The highest BCUT2D eigenvalue weighted by molar-refractivity contribution is 5.93. The number of imide groups is 1. The van der Waals surface area contributed by atoms with Gasteiger partial charge in [0.15, 0.2) is 6.04 Å². The number of hydrogen-bond donors (Lipinski definition) is 2. The second-order valence-corrected chi connectivity index (χ2v) is 4.81. The number of nitrogens with one attached hydrogen (secondary N) is 2. The smallest absolute Gasteiger partial charge is 0.413 e. The summed E-state index contributed by atoms with van der Waals surface area (Å²) in [5.41, 5.74) is 2.63. The molecule has 0 fully saturated rings. The van der Waals surface area contributed by atoms with E-state index in [0.29, 0.717) is 0 Å². The molecule has 2 N–H and O–H groups in total. The molecule has 1 unspecified atom stereocenters. The highest BCUT2D eigenvalue weighted by Gasteiger charge is 2.29. The van der Waals surface area contributed by atoms with Crippen molar-refractivity contribution in [3.05, 3.63) is 35.4 Å². The number of carbonyl (C=O) groups excluding carboxylic acids is 2. The molecule has 0 aromatic heterocycles. The van der Waals surface area contributed by atoms with Crippen molar-refractivity contribution in [2.24, 2.45) is 0 Å². The molecule has 19 heavy (non-hydrogen) atoms. The van der Waals surface area contributed by atoms with Gasteiger partial charge in [0.25, 0.3) is 5.91 Å². The van der Waals surface area contributed by atoms with E-state index in [9.17, 15) is 9.59 Å². The topological polar surface area (TPSA) is 59.8 Å². The third-order valence-electron chi connectivity index (χ3n) is 3.67. The van der Waals surface area contributed by atoms with Gasteiger partial charge in [-0.1, -0.05) is 24.3 Å². The maximum absolute atomic E-state index is 11.9. The lowest BCUT2D eigenvalue weighted by Gasteiger charge is -2.29. The average Bonchev–Trinajstić information content (AvgIpc) is 2.45. The predicted molar refractivity (Wildman–Crippen MR) is 69.7 cm³/mol. The van der Waals surface area contributed by atoms with Gasteiger partial charge in [0.2, 0.25) is 0 Å². The van der Waals surface area contributed by atoms with Crippen LogP contribution in [0.2, 0.25) is 0 Å². The lowest BCUT2D eigenvalue weighted by molar-refractivity contribution is -0.929. The van der Waals surface area contributed by atoms with Gasteiger partial charge >= 0.3 is 6.09 Å². The van der Waals surface area contributed by atoms with Crippen molar-refractivity contribution in [2.45, 2.75) is 25.9 Å². The number of benzene rings is 1. The van der Waals surface area contributed by atoms with E-state index in [-0.39, 0.29) is 11.9 Å². The van der Waals surface area contributed by atoms with Crippen LogP contribution in [0.3, 0.4) is 0 Å². The molecule has 102 valence electrons. The summed E-state index contributed by atoms with van der Waals surface area (Å²) >= 11 is 0. The van der Waals surface area contributed by atoms with Crippen LogP contribution in [0, 0.1) is 0 Å². The maximum atomic E-state index is 11.9. The minimum atomic E-state index is -0.700. The molecule has 5 nitrogen and oxygen atoms in total. The Bertz CT molecular complexity index is 487. The van der Waals surface area contributed by atoms with E-state index in [2.05, 4.69) is 22.2 Å². The van der Waals surface area contributed by atoms with Crippen molar-refractivity contribution in [3.63, 3.8) is 0 Å². The van der Waals surface area contributed by atoms with Crippen molar-refractivity contribution < 1.29 is 19.2 Å². The average molecular weight is 263 g/mol. The van der Waals surface area contributed by atoms with Gasteiger partial charge in [0.1, 0.15) is 6.54 Å². The second kappa shape index (κ2) is 5.84. The van der Waals surface area contributed by atoms with Crippen molar-refractivity contribution in [3.8, 4) is 0 Å². The molecular weight excluding hydrogens is 244 g/mol. The molecule has 0 bridgehead atoms. The van der Waals surface area contributed by atoms with Crippen LogP contribution in [0.5, 0.6) is 0 Å². The summed E-state index contributed by atoms with van der Waals surface area (Å²) in [7, 11) is 1.25. The quantitative estimate of drug-likeness (QED) is 0.783. The maximum Gasteiger partial charge on any atom is 0.413 e. The number of quaternary nitrogens is 1. The summed E-state index contributed by atoms with van der Waals surface area (Å²) in [6.45, 7) is 3.54. The summed E-state index contributed by atoms with van der Waals surface area (Å²) in [5.74, 6) is -0.291. The number of rotatable bonds is 2. The van der Waals surface area contributed by atoms with E-state index < -0.39 is 6.09 Å². The van der Waals surface area contributed by atoms with Crippen LogP contribution in [0.4, 0.5) is 4.79 Å². The number of amides is 2. The molecule has 0 aliphatic carbocycles. The largest absolute Gasteiger partial charge is 0.453 e. The van der Waals surface area contributed by atoms with Gasteiger partial charge < -0.3 is 9.64 Å². The van der Waals surface area contributed by atoms with E-state index in [1.807, 2.05) is 19.1 Å². The Morgan fingerprint density at radius 1 is 1.32 bits per heavy atom. The first-order chi connectivity index (χ1) is 9.11. The van der Waals surface area contributed by atoms with Crippen LogP contribution >= 0.6 is 0 Å². The summed E-state index contributed by atoms with van der Waals surface area (Å²) < 4.78 is 4.43. The number of carbonyl (C=O) groups is 2. The highest BCUT2D eigenvalue weighted by atomic mass is 16.5. The van der Waals surface area contributed by atoms with E-state index >= 15 is 0 Å². The van der Waals surface area contributed by atoms with Crippen LogP contribution in [0.25, 0.3) is 0 Å². The van der Waals surface area contributed by atoms with Crippen molar-refractivity contribution in [2.75, 3.05) is 13.7 Å². The standard InChI is InChI=1S/C14H18N2O3/c1-10(13(17)15-14(18)19-2)16-8-7-11-5-3-4-6-12(11)9-16/h3-6,10H,7-9H2,1-2H3,(H,15,17,18)/p+1/t10-/m0/s1. The first kappa shape index (κ1) is 13.5. The van der Waals surface area contributed by atoms with Gasteiger partial charge in [0, 0.05) is 12.0 Å². The molecule has 0 radical (unpaired) electrons. The van der Waals surface area contributed by atoms with Crippen molar-refractivity contribution in [1.29, 1.82) is 0 Å². The second-order valence-electron chi connectivity index (χ2n) is 4.81. The van der Waals surface area contributed by atoms with E-state index in [4.69, 9.17) is 0 Å². The lowest BCUT2D eigenvalue weighted by Crippen LogP contribution is -3.16. The zero-order valence-electron chi connectivity index (χ0n) is 11.2. The summed E-state index contributed by atoms with van der Waals surface area (Å²) in [6.07, 6.45) is 0.259. The van der Waals surface area contributed by atoms with Gasteiger partial charge in [-0.25, -0.2) is 4.79 Å². The monoisotopic (exact) mass is 263 g/mol. The molecule has 2 amide bonds. The van der Waals surface area contributed by atoms with Crippen LogP contribution in [0.1, 0.15) is 18.1 Å². The lowest BCUT2D eigenvalue weighted by atomic mass is 9.99. The van der Waals surface area contributed by atoms with Crippen molar-refractivity contribution >= 4 is 12.0 Å². The Hall–Kier alpha value is -1.88. The molecule has 1 aliphatic heterocycles. The highest BCUT2D eigenvalue weighted by Crippen LogP contribution is 2.10. The zero-order chi connectivity index (χ0) is 13.8. The molecule has 2 atom stereocenters. The Morgan fingerprint density at radius 2 is 2.00 bits per heavy atom. The van der Waals surface area contributed by atoms with Gasteiger partial charge in [-0.15, -0.1) is 0 Å². The fraction of sp³-hybridized carbons (Fsp3) is 0.429. The zero-order valence-corrected chi connectivity index (χ0v) is 11.2. The molecule has 0 saturated carbocycles. The number of ether oxygens (including phenoxy) is 1. The number of fused-ring (bicyclic) bond motifs is 1. The summed E-state index contributed by atoms with van der Waals surface area (Å²) in [5, 5.41) is 2.23. The molecule has 0 saturated heterocycles. The minimum absolute atomic E-state index is 0.271. The van der Waals surface area contributed by atoms with Gasteiger partial charge in [0.05, 0.1) is 13.7 Å². The summed E-state index contributed by atoms with van der Waals surface area (Å²) in [4.78, 5) is 24.1. The van der Waals surface area contributed by atoms with Gasteiger partial charge in [-0.3, -0.25) is 10.1 Å². The molecule has 1 aliphatic rings. The molecule has 1 aromatic carbocycles. The number of hydrogen-bond acceptors (Lipinski definition) is 3. The third kappa shape index (κ3) is 3.12. The summed E-state index contributed by atoms with van der Waals surface area (Å²) in [6, 6.07) is 8.01. The minimum Gasteiger partial charge on any atom is -0.453 e. The Balaban J connectivity index is 2.00. The Labute approximate surface area is 112 Å². The van der Waals surface area contributed by atoms with Crippen LogP contribution in [-0.4, -0.2) is 31.7 Å². The predicted octanol–water partition coefficient (Wildman–Crippen LogP) is -0.101. The van der Waals surface area contributed by atoms with Crippen LogP contribution in [-0.2, 0) is 22.5 Å². The van der Waals surface area contributed by atoms with Crippen molar-refractivity contribution in [1.82, 2.24) is 5.32 Å². The molecule has 2 rings (SSSR count). The van der Waals surface area contributed by atoms with E-state index in [1.54, 1.807) is 0 Å². The number of alkyl carbamates (subject to hydrolysis) is 1. The fourth-order valence-corrected chi connectivity index (χ4v) is 2.42. The molecule has 1 aromatic rings. The van der Waals surface area contributed by atoms with Gasteiger partial charge in [-0.05, 0) is 12.5 Å². The number of methoxy groups -OCH3 is 1. The Kier molecular flexibility index (Phi) is 4.16. The fourth-order valence-electron chi connectivity index (χ4n) is 2.42. The third-order valence-corrected chi connectivity index (χ3v) is 3.67. The first-order valence-corrected chi connectivity index (χ1v) is 6.42. The van der Waals surface area contributed by atoms with Gasteiger partial charge in [-0.2, -0.15) is 0 Å². The van der Waals surface area contributed by atoms with E-state index in [0.717, 1.165) is 19.5 Å². The first-order valence-electron chi connectivity index (χ1n) is 6.42. The molecule has 0 spiro atoms. The molecular formula is C14H19N2O3+. The normalized spacial score (nSPS) is 19.2. The SMILES string of the molecule is COC(=O)NC(=O)[C@H](C)[NH+]1CCc2ccccc2C1.